The number of hydrogen-bond donors (Lipinski definition) is 1. The molecule has 0 unspecified atom stereocenters. The number of carbonyl (C=O) groups excluding carboxylic acids is 1. The summed E-state index contributed by atoms with van der Waals surface area (Å²) in [5.41, 5.74) is 4.69. The van der Waals surface area contributed by atoms with Crippen LogP contribution in [0.4, 0.5) is 8.78 Å². The van der Waals surface area contributed by atoms with Gasteiger partial charge in [0.05, 0.1) is 22.3 Å². The molecule has 0 atom stereocenters. The van der Waals surface area contributed by atoms with Crippen LogP contribution in [0.1, 0.15) is 0 Å². The largest absolute Gasteiger partial charge is 0.369 e. The van der Waals surface area contributed by atoms with Crippen LogP contribution in [0.2, 0.25) is 5.02 Å². The molecule has 0 saturated heterocycles. The molecule has 0 aliphatic rings. The molecule has 25 heavy (non-hydrogen) atoms. The van der Waals surface area contributed by atoms with Crippen molar-refractivity contribution in [2.24, 2.45) is 5.73 Å². The molecule has 0 radical (unpaired) electrons. The van der Waals surface area contributed by atoms with E-state index in [-0.39, 0.29) is 22.0 Å². The zero-order valence-electron chi connectivity index (χ0n) is 12.5. The molecular weight excluding hydrogens is 372 g/mol. The second-order valence-corrected chi connectivity index (χ2v) is 6.43. The van der Waals surface area contributed by atoms with Gasteiger partial charge >= 0.3 is 0 Å². The van der Waals surface area contributed by atoms with Gasteiger partial charge in [-0.3, -0.25) is 14.2 Å². The Morgan fingerprint density at radius 2 is 2.00 bits per heavy atom. The lowest BCUT2D eigenvalue weighted by Crippen LogP contribution is -2.24. The van der Waals surface area contributed by atoms with Crippen molar-refractivity contribution in [3.8, 4) is 5.69 Å². The molecule has 3 rings (SSSR count). The molecule has 3 aromatic rings. The zero-order valence-corrected chi connectivity index (χ0v) is 14.1. The summed E-state index contributed by atoms with van der Waals surface area (Å²) in [7, 11) is 0. The Morgan fingerprint density at radius 1 is 1.24 bits per heavy atom. The molecule has 0 saturated carbocycles. The summed E-state index contributed by atoms with van der Waals surface area (Å²) < 4.78 is 28.4. The summed E-state index contributed by atoms with van der Waals surface area (Å²) in [5.74, 6) is -2.50. The van der Waals surface area contributed by atoms with E-state index in [9.17, 15) is 18.4 Å². The van der Waals surface area contributed by atoms with E-state index in [2.05, 4.69) is 4.98 Å². The van der Waals surface area contributed by atoms with Gasteiger partial charge in [-0.2, -0.15) is 0 Å². The van der Waals surface area contributed by atoms with Crippen molar-refractivity contribution >= 4 is 40.2 Å². The summed E-state index contributed by atoms with van der Waals surface area (Å²) in [6, 6.07) is 7.31. The average Bonchev–Trinajstić information content (AvgIpc) is 2.55. The number of fused-ring (bicyclic) bond motifs is 1. The zero-order chi connectivity index (χ0) is 18.1. The van der Waals surface area contributed by atoms with Gasteiger partial charge in [0.25, 0.3) is 5.56 Å². The van der Waals surface area contributed by atoms with Crippen molar-refractivity contribution < 1.29 is 13.6 Å². The van der Waals surface area contributed by atoms with E-state index < -0.39 is 23.1 Å². The minimum Gasteiger partial charge on any atom is -0.369 e. The van der Waals surface area contributed by atoms with Gasteiger partial charge in [-0.15, -0.1) is 0 Å². The second kappa shape index (κ2) is 6.81. The van der Waals surface area contributed by atoms with Gasteiger partial charge in [0, 0.05) is 11.1 Å². The van der Waals surface area contributed by atoms with Crippen LogP contribution in [0.3, 0.4) is 0 Å². The van der Waals surface area contributed by atoms with E-state index in [1.54, 1.807) is 12.1 Å². The van der Waals surface area contributed by atoms with Crippen molar-refractivity contribution in [1.29, 1.82) is 0 Å². The van der Waals surface area contributed by atoms with Crippen LogP contribution in [0, 0.1) is 11.6 Å². The van der Waals surface area contributed by atoms with Gasteiger partial charge in [0.1, 0.15) is 11.6 Å². The molecule has 1 amide bonds. The number of hydrogen-bond acceptors (Lipinski definition) is 4. The van der Waals surface area contributed by atoms with Crippen molar-refractivity contribution in [1.82, 2.24) is 9.55 Å². The number of primary amides is 1. The molecule has 128 valence electrons. The lowest BCUT2D eigenvalue weighted by molar-refractivity contribution is -0.115. The maximum atomic E-state index is 14.2. The van der Waals surface area contributed by atoms with Crippen LogP contribution in [0.15, 0.2) is 46.3 Å². The average molecular weight is 382 g/mol. The van der Waals surface area contributed by atoms with Crippen LogP contribution in [-0.2, 0) is 4.79 Å². The van der Waals surface area contributed by atoms with Gasteiger partial charge < -0.3 is 5.73 Å². The Morgan fingerprint density at radius 3 is 2.68 bits per heavy atom. The molecule has 5 nitrogen and oxygen atoms in total. The van der Waals surface area contributed by atoms with Gasteiger partial charge in [-0.1, -0.05) is 23.4 Å². The van der Waals surface area contributed by atoms with Crippen molar-refractivity contribution in [2.45, 2.75) is 5.16 Å². The molecule has 0 fully saturated rings. The van der Waals surface area contributed by atoms with Crippen molar-refractivity contribution in [2.75, 3.05) is 5.75 Å². The highest BCUT2D eigenvalue weighted by Gasteiger charge is 2.17. The van der Waals surface area contributed by atoms with E-state index in [1.165, 1.54) is 6.07 Å². The molecule has 2 N–H and O–H groups in total. The highest BCUT2D eigenvalue weighted by Crippen LogP contribution is 2.24. The van der Waals surface area contributed by atoms with Crippen LogP contribution in [-0.4, -0.2) is 21.2 Å². The Hall–Kier alpha value is -2.45. The summed E-state index contributed by atoms with van der Waals surface area (Å²) in [6.45, 7) is 0. The number of rotatable bonds is 4. The van der Waals surface area contributed by atoms with Crippen molar-refractivity contribution in [3.63, 3.8) is 0 Å². The van der Waals surface area contributed by atoms with E-state index in [0.717, 1.165) is 28.5 Å². The number of amides is 1. The fourth-order valence-corrected chi connectivity index (χ4v) is 3.16. The van der Waals surface area contributed by atoms with E-state index in [0.29, 0.717) is 16.6 Å². The fourth-order valence-electron chi connectivity index (χ4n) is 2.24. The minimum atomic E-state index is -0.939. The second-order valence-electron chi connectivity index (χ2n) is 5.05. The molecule has 0 aliphatic heterocycles. The molecule has 0 spiro atoms. The number of aromatic nitrogens is 2. The summed E-state index contributed by atoms with van der Waals surface area (Å²) in [6.07, 6.45) is 0. The smallest absolute Gasteiger partial charge is 0.266 e. The maximum Gasteiger partial charge on any atom is 0.266 e. The molecule has 0 aliphatic carbocycles. The van der Waals surface area contributed by atoms with Gasteiger partial charge in [-0.25, -0.2) is 13.8 Å². The Balaban J connectivity index is 2.32. The fraction of sp³-hybridized carbons (Fsp3) is 0.0625. The van der Waals surface area contributed by atoms with Crippen LogP contribution < -0.4 is 11.3 Å². The monoisotopic (exact) mass is 381 g/mol. The van der Waals surface area contributed by atoms with Gasteiger partial charge in [0.15, 0.2) is 5.16 Å². The molecular formula is C16H10ClF2N3O2S. The number of carbonyl (C=O) groups is 1. The third-order valence-corrected chi connectivity index (χ3v) is 4.49. The minimum absolute atomic E-state index is 0.0594. The highest BCUT2D eigenvalue weighted by atomic mass is 35.5. The van der Waals surface area contributed by atoms with E-state index >= 15 is 0 Å². The standard InChI is InChI=1S/C16H10ClF2N3O2S/c17-8-1-3-12-10(5-8)15(24)22(16(21-12)25-7-14(20)23)13-4-2-9(18)6-11(13)19/h1-6H,7H2,(H2,20,23). The van der Waals surface area contributed by atoms with Crippen LogP contribution in [0.5, 0.6) is 0 Å². The third-order valence-electron chi connectivity index (χ3n) is 3.29. The predicted molar refractivity (Wildman–Crippen MR) is 92.2 cm³/mol. The Labute approximate surface area is 149 Å². The van der Waals surface area contributed by atoms with Gasteiger partial charge in [-0.05, 0) is 30.3 Å². The molecule has 9 heteroatoms. The first-order chi connectivity index (χ1) is 11.9. The number of thioether (sulfide) groups is 1. The highest BCUT2D eigenvalue weighted by molar-refractivity contribution is 7.99. The van der Waals surface area contributed by atoms with Crippen molar-refractivity contribution in [3.05, 3.63) is 63.4 Å². The molecule has 2 aromatic carbocycles. The molecule has 1 heterocycles. The summed E-state index contributed by atoms with van der Waals surface area (Å²) >= 11 is 6.80. The van der Waals surface area contributed by atoms with E-state index in [1.807, 2.05) is 0 Å². The summed E-state index contributed by atoms with van der Waals surface area (Å²) in [5, 5.41) is 0.541. The Kier molecular flexibility index (Phi) is 4.73. The first-order valence-electron chi connectivity index (χ1n) is 6.95. The van der Waals surface area contributed by atoms with Gasteiger partial charge in [0.2, 0.25) is 5.91 Å². The first kappa shape index (κ1) is 17.4. The lowest BCUT2D eigenvalue weighted by atomic mass is 10.2. The first-order valence-corrected chi connectivity index (χ1v) is 8.32. The molecule has 1 aromatic heterocycles. The SMILES string of the molecule is NC(=O)CSc1nc2ccc(Cl)cc2c(=O)n1-c1ccc(F)cc1F. The van der Waals surface area contributed by atoms with E-state index in [4.69, 9.17) is 17.3 Å². The quantitative estimate of drug-likeness (QED) is 0.556. The number of nitrogens with two attached hydrogens (primary N) is 1. The molecule has 0 bridgehead atoms. The third kappa shape index (κ3) is 3.49. The topological polar surface area (TPSA) is 78.0 Å². The number of benzene rings is 2. The van der Waals surface area contributed by atoms with Crippen LogP contribution in [0.25, 0.3) is 16.6 Å². The lowest BCUT2D eigenvalue weighted by Gasteiger charge is -2.13. The number of nitrogens with zero attached hydrogens (tertiary/aromatic N) is 2. The summed E-state index contributed by atoms with van der Waals surface area (Å²) in [4.78, 5) is 28.2. The Bertz CT molecular complexity index is 1060. The normalized spacial score (nSPS) is 11.0. The number of halogens is 3. The predicted octanol–water partition coefficient (Wildman–Crippen LogP) is 2.89. The van der Waals surface area contributed by atoms with Crippen LogP contribution >= 0.6 is 23.4 Å². The maximum absolute atomic E-state index is 14.2.